The lowest BCUT2D eigenvalue weighted by molar-refractivity contribution is -0.120. The Morgan fingerprint density at radius 2 is 1.68 bits per heavy atom. The molecule has 0 aliphatic carbocycles. The number of sulfonamides is 1. The van der Waals surface area contributed by atoms with Crippen LogP contribution in [0.3, 0.4) is 0 Å². The first-order valence-electron chi connectivity index (χ1n) is 10.1. The van der Waals surface area contributed by atoms with Crippen LogP contribution in [0, 0.1) is 5.92 Å². The summed E-state index contributed by atoms with van der Waals surface area (Å²) in [5, 5.41) is 2.90. The third kappa shape index (κ3) is 5.29. The molecular formula is C22H28N2O6S. The average Bonchev–Trinajstić information content (AvgIpc) is 2.80. The highest BCUT2D eigenvalue weighted by Gasteiger charge is 2.32. The largest absolute Gasteiger partial charge is 0.494 e. The van der Waals surface area contributed by atoms with Gasteiger partial charge in [0.05, 0.1) is 25.7 Å². The highest BCUT2D eigenvalue weighted by Crippen LogP contribution is 2.32. The first-order valence-corrected chi connectivity index (χ1v) is 11.6. The van der Waals surface area contributed by atoms with Gasteiger partial charge in [0.15, 0.2) is 11.5 Å². The average molecular weight is 449 g/mol. The third-order valence-corrected chi connectivity index (χ3v) is 7.14. The lowest BCUT2D eigenvalue weighted by Crippen LogP contribution is -2.41. The van der Waals surface area contributed by atoms with Crippen LogP contribution < -0.4 is 19.5 Å². The molecule has 1 N–H and O–H groups in total. The van der Waals surface area contributed by atoms with Gasteiger partial charge in [-0.05, 0) is 56.2 Å². The Kier molecular flexibility index (Phi) is 7.40. The van der Waals surface area contributed by atoms with E-state index in [4.69, 9.17) is 14.2 Å². The number of amides is 1. The van der Waals surface area contributed by atoms with Gasteiger partial charge in [0.25, 0.3) is 0 Å². The van der Waals surface area contributed by atoms with Crippen LogP contribution in [0.25, 0.3) is 0 Å². The normalized spacial score (nSPS) is 15.3. The minimum Gasteiger partial charge on any atom is -0.494 e. The number of benzene rings is 2. The highest BCUT2D eigenvalue weighted by molar-refractivity contribution is 7.89. The summed E-state index contributed by atoms with van der Waals surface area (Å²) in [6.07, 6.45) is 0.908. The van der Waals surface area contributed by atoms with Crippen molar-refractivity contribution in [1.29, 1.82) is 0 Å². The molecule has 8 nitrogen and oxygen atoms in total. The Morgan fingerprint density at radius 3 is 2.26 bits per heavy atom. The van der Waals surface area contributed by atoms with Gasteiger partial charge in [0, 0.05) is 30.8 Å². The van der Waals surface area contributed by atoms with Crippen molar-refractivity contribution >= 4 is 21.6 Å². The van der Waals surface area contributed by atoms with Crippen LogP contribution in [0.5, 0.6) is 17.2 Å². The third-order valence-electron chi connectivity index (χ3n) is 5.25. The van der Waals surface area contributed by atoms with Crippen LogP contribution in [0.15, 0.2) is 47.4 Å². The van der Waals surface area contributed by atoms with Gasteiger partial charge in [-0.2, -0.15) is 4.31 Å². The number of carbonyl (C=O) groups is 1. The molecule has 1 amide bonds. The van der Waals surface area contributed by atoms with Gasteiger partial charge < -0.3 is 19.5 Å². The molecule has 168 valence electrons. The molecule has 0 radical (unpaired) electrons. The second kappa shape index (κ2) is 10.0. The number of methoxy groups -OCH3 is 2. The molecule has 3 rings (SSSR count). The minimum atomic E-state index is -3.69. The topological polar surface area (TPSA) is 94.2 Å². The SMILES string of the molecule is CCOc1ccc(NC(=O)C2CCN(S(=O)(=O)c3ccc(OC)c(OC)c3)CC2)cc1. The number of anilines is 1. The van der Waals surface area contributed by atoms with Gasteiger partial charge in [-0.1, -0.05) is 0 Å². The molecule has 0 saturated carbocycles. The summed E-state index contributed by atoms with van der Waals surface area (Å²) in [6.45, 7) is 3.04. The summed E-state index contributed by atoms with van der Waals surface area (Å²) < 4.78 is 43.3. The summed E-state index contributed by atoms with van der Waals surface area (Å²) >= 11 is 0. The van der Waals surface area contributed by atoms with Gasteiger partial charge >= 0.3 is 0 Å². The summed E-state index contributed by atoms with van der Waals surface area (Å²) in [5.41, 5.74) is 0.689. The molecule has 1 saturated heterocycles. The quantitative estimate of drug-likeness (QED) is 0.667. The summed E-state index contributed by atoms with van der Waals surface area (Å²) in [6, 6.07) is 11.7. The number of hydrogen-bond donors (Lipinski definition) is 1. The molecule has 0 bridgehead atoms. The Balaban J connectivity index is 1.61. The smallest absolute Gasteiger partial charge is 0.243 e. The lowest BCUT2D eigenvalue weighted by Gasteiger charge is -2.30. The molecule has 0 spiro atoms. The molecule has 0 atom stereocenters. The molecule has 0 unspecified atom stereocenters. The standard InChI is InChI=1S/C22H28N2O6S/c1-4-30-18-7-5-17(6-8-18)23-22(25)16-11-13-24(14-12-16)31(26,27)19-9-10-20(28-2)21(15-19)29-3/h5-10,15-16H,4,11-14H2,1-3H3,(H,23,25). The van der Waals surface area contributed by atoms with E-state index >= 15 is 0 Å². The highest BCUT2D eigenvalue weighted by atomic mass is 32.2. The van der Waals surface area contributed by atoms with E-state index in [9.17, 15) is 13.2 Å². The molecule has 1 fully saturated rings. The minimum absolute atomic E-state index is 0.104. The van der Waals surface area contributed by atoms with E-state index < -0.39 is 10.0 Å². The number of nitrogens with one attached hydrogen (secondary N) is 1. The summed E-state index contributed by atoms with van der Waals surface area (Å²) in [7, 11) is -0.729. The zero-order valence-electron chi connectivity index (χ0n) is 18.0. The Morgan fingerprint density at radius 1 is 1.03 bits per heavy atom. The van der Waals surface area contributed by atoms with Crippen LogP contribution >= 0.6 is 0 Å². The number of hydrogen-bond acceptors (Lipinski definition) is 6. The Bertz CT molecular complexity index is 999. The fourth-order valence-electron chi connectivity index (χ4n) is 3.53. The van der Waals surface area contributed by atoms with Crippen molar-refractivity contribution in [2.45, 2.75) is 24.7 Å². The molecule has 2 aromatic rings. The van der Waals surface area contributed by atoms with Crippen molar-refractivity contribution < 1.29 is 27.4 Å². The number of nitrogens with zero attached hydrogens (tertiary/aromatic N) is 1. The Labute approximate surface area is 183 Å². The number of rotatable bonds is 8. The molecule has 31 heavy (non-hydrogen) atoms. The van der Waals surface area contributed by atoms with Gasteiger partial charge in [-0.15, -0.1) is 0 Å². The maximum Gasteiger partial charge on any atom is 0.243 e. The molecule has 1 heterocycles. The van der Waals surface area contributed by atoms with Crippen molar-refractivity contribution in [3.63, 3.8) is 0 Å². The van der Waals surface area contributed by atoms with Crippen molar-refractivity contribution in [3.8, 4) is 17.2 Å². The summed E-state index contributed by atoms with van der Waals surface area (Å²) in [5.74, 6) is 1.21. The van der Waals surface area contributed by atoms with E-state index in [2.05, 4.69) is 5.32 Å². The molecule has 0 aromatic heterocycles. The zero-order chi connectivity index (χ0) is 22.4. The van der Waals surface area contributed by atoms with Crippen molar-refractivity contribution in [1.82, 2.24) is 4.31 Å². The zero-order valence-corrected chi connectivity index (χ0v) is 18.8. The monoisotopic (exact) mass is 448 g/mol. The van der Waals surface area contributed by atoms with Crippen molar-refractivity contribution in [2.75, 3.05) is 39.2 Å². The fourth-order valence-corrected chi connectivity index (χ4v) is 5.02. The van der Waals surface area contributed by atoms with E-state index in [1.54, 1.807) is 30.3 Å². The van der Waals surface area contributed by atoms with E-state index in [0.717, 1.165) is 5.75 Å². The molecule has 9 heteroatoms. The number of piperidine rings is 1. The predicted molar refractivity (Wildman–Crippen MR) is 117 cm³/mol. The van der Waals surface area contributed by atoms with E-state index in [0.29, 0.717) is 36.6 Å². The van der Waals surface area contributed by atoms with Gasteiger partial charge in [0.1, 0.15) is 5.75 Å². The summed E-state index contributed by atoms with van der Waals surface area (Å²) in [4.78, 5) is 12.8. The fraction of sp³-hybridized carbons (Fsp3) is 0.409. The van der Waals surface area contributed by atoms with Crippen LogP contribution in [-0.2, 0) is 14.8 Å². The maximum absolute atomic E-state index is 13.0. The number of carbonyl (C=O) groups excluding carboxylic acids is 1. The van der Waals surface area contributed by atoms with Crippen LogP contribution in [0.4, 0.5) is 5.69 Å². The lowest BCUT2D eigenvalue weighted by atomic mass is 9.97. The van der Waals surface area contributed by atoms with Gasteiger partial charge in [-0.25, -0.2) is 8.42 Å². The van der Waals surface area contributed by atoms with Crippen molar-refractivity contribution in [3.05, 3.63) is 42.5 Å². The second-order valence-corrected chi connectivity index (χ2v) is 9.08. The predicted octanol–water partition coefficient (Wildman–Crippen LogP) is 3.14. The van der Waals surface area contributed by atoms with Crippen LogP contribution in [-0.4, -0.2) is 52.5 Å². The molecule has 2 aromatic carbocycles. The Hall–Kier alpha value is -2.78. The van der Waals surface area contributed by atoms with Crippen molar-refractivity contribution in [2.24, 2.45) is 5.92 Å². The van der Waals surface area contributed by atoms with Gasteiger partial charge in [-0.3, -0.25) is 4.79 Å². The van der Waals surface area contributed by atoms with E-state index in [1.165, 1.54) is 30.7 Å². The number of ether oxygens (including phenoxy) is 3. The van der Waals surface area contributed by atoms with E-state index in [1.807, 2.05) is 6.92 Å². The molecule has 1 aliphatic heterocycles. The maximum atomic E-state index is 13.0. The molecular weight excluding hydrogens is 420 g/mol. The molecule has 1 aliphatic rings. The first kappa shape index (κ1) is 22.9. The van der Waals surface area contributed by atoms with E-state index in [-0.39, 0.29) is 29.8 Å². The second-order valence-electron chi connectivity index (χ2n) is 7.14. The van der Waals surface area contributed by atoms with Gasteiger partial charge in [0.2, 0.25) is 15.9 Å². The van der Waals surface area contributed by atoms with Crippen LogP contribution in [0.2, 0.25) is 0 Å². The van der Waals surface area contributed by atoms with Crippen LogP contribution in [0.1, 0.15) is 19.8 Å². The first-order chi connectivity index (χ1) is 14.9.